The van der Waals surface area contributed by atoms with E-state index < -0.39 is 0 Å². The summed E-state index contributed by atoms with van der Waals surface area (Å²) in [6, 6.07) is 11.7. The third kappa shape index (κ3) is 3.12. The van der Waals surface area contributed by atoms with Crippen molar-refractivity contribution >= 4 is 0 Å². The van der Waals surface area contributed by atoms with Gasteiger partial charge in [-0.1, -0.05) is 25.1 Å². The van der Waals surface area contributed by atoms with E-state index in [2.05, 4.69) is 11.9 Å². The number of aromatic nitrogens is 1. The highest BCUT2D eigenvalue weighted by Crippen LogP contribution is 2.30. The van der Waals surface area contributed by atoms with Crippen LogP contribution in [0.25, 0.3) is 0 Å². The maximum atomic E-state index is 6.01. The van der Waals surface area contributed by atoms with Crippen LogP contribution in [0.15, 0.2) is 36.4 Å². The number of rotatable bonds is 4. The van der Waals surface area contributed by atoms with Gasteiger partial charge >= 0.3 is 0 Å². The van der Waals surface area contributed by atoms with E-state index in [1.165, 1.54) is 0 Å². The van der Waals surface area contributed by atoms with Gasteiger partial charge in [-0.3, -0.25) is 4.98 Å². The van der Waals surface area contributed by atoms with Crippen molar-refractivity contribution in [2.45, 2.75) is 33.2 Å². The molecule has 0 aliphatic heterocycles. The first-order valence-electron chi connectivity index (χ1n) is 6.60. The van der Waals surface area contributed by atoms with Crippen LogP contribution in [0, 0.1) is 6.92 Å². The minimum atomic E-state index is -0.0558. The molecule has 0 bridgehead atoms. The Hall–Kier alpha value is -1.87. The molecule has 2 rings (SSSR count). The van der Waals surface area contributed by atoms with Gasteiger partial charge < -0.3 is 10.5 Å². The van der Waals surface area contributed by atoms with Gasteiger partial charge in [-0.25, -0.2) is 0 Å². The van der Waals surface area contributed by atoms with Gasteiger partial charge in [0, 0.05) is 17.3 Å². The summed E-state index contributed by atoms with van der Waals surface area (Å²) in [6.45, 7) is 6.02. The van der Waals surface area contributed by atoms with Crippen LogP contribution in [0.1, 0.15) is 36.8 Å². The summed E-state index contributed by atoms with van der Waals surface area (Å²) >= 11 is 0. The predicted molar refractivity (Wildman–Crippen MR) is 77.5 cm³/mol. The number of nitrogens with zero attached hydrogens (tertiary/aromatic N) is 1. The van der Waals surface area contributed by atoms with Crippen LogP contribution in [0.4, 0.5) is 0 Å². The Morgan fingerprint density at radius 1 is 1.16 bits per heavy atom. The van der Waals surface area contributed by atoms with Gasteiger partial charge in [-0.15, -0.1) is 0 Å². The fraction of sp³-hybridized carbons (Fsp3) is 0.312. The molecule has 1 heterocycles. The number of ether oxygens (including phenoxy) is 1. The molecule has 0 aliphatic carbocycles. The Bertz CT molecular complexity index is 564. The van der Waals surface area contributed by atoms with E-state index in [0.29, 0.717) is 0 Å². The molecule has 0 radical (unpaired) electrons. The molecule has 0 fully saturated rings. The SMILES string of the molecule is CCc1nc(C)ccc1Oc1ccccc1[C@H](C)N. The van der Waals surface area contributed by atoms with Crippen molar-refractivity contribution in [2.75, 3.05) is 0 Å². The largest absolute Gasteiger partial charge is 0.455 e. The van der Waals surface area contributed by atoms with Crippen LogP contribution in [-0.4, -0.2) is 4.98 Å². The number of nitrogens with two attached hydrogens (primary N) is 1. The van der Waals surface area contributed by atoms with Crippen molar-refractivity contribution in [3.63, 3.8) is 0 Å². The lowest BCUT2D eigenvalue weighted by atomic mass is 10.1. The first kappa shape index (κ1) is 13.6. The fourth-order valence-electron chi connectivity index (χ4n) is 2.01. The zero-order chi connectivity index (χ0) is 13.8. The van der Waals surface area contributed by atoms with Crippen molar-refractivity contribution in [1.29, 1.82) is 0 Å². The van der Waals surface area contributed by atoms with Gasteiger partial charge in [0.2, 0.25) is 0 Å². The van der Waals surface area contributed by atoms with Crippen LogP contribution < -0.4 is 10.5 Å². The third-order valence-electron chi connectivity index (χ3n) is 3.04. The van der Waals surface area contributed by atoms with E-state index in [-0.39, 0.29) is 6.04 Å². The summed E-state index contributed by atoms with van der Waals surface area (Å²) in [5, 5.41) is 0. The molecule has 0 amide bonds. The maximum Gasteiger partial charge on any atom is 0.148 e. The van der Waals surface area contributed by atoms with Crippen LogP contribution in [0.5, 0.6) is 11.5 Å². The van der Waals surface area contributed by atoms with E-state index in [0.717, 1.165) is 34.9 Å². The number of para-hydroxylation sites is 1. The highest BCUT2D eigenvalue weighted by atomic mass is 16.5. The van der Waals surface area contributed by atoms with Crippen LogP contribution in [-0.2, 0) is 6.42 Å². The predicted octanol–water partition coefficient (Wildman–Crippen LogP) is 3.76. The Balaban J connectivity index is 2.36. The Morgan fingerprint density at radius 3 is 2.58 bits per heavy atom. The molecule has 0 spiro atoms. The lowest BCUT2D eigenvalue weighted by Gasteiger charge is -2.15. The van der Waals surface area contributed by atoms with E-state index >= 15 is 0 Å². The standard InChI is InChI=1S/C16H20N2O/c1-4-14-16(10-9-11(2)18-14)19-15-8-6-5-7-13(15)12(3)17/h5-10,12H,4,17H2,1-3H3/t12-/m0/s1. The van der Waals surface area contributed by atoms with Crippen molar-refractivity contribution in [1.82, 2.24) is 4.98 Å². The first-order valence-corrected chi connectivity index (χ1v) is 6.60. The van der Waals surface area contributed by atoms with E-state index in [1.807, 2.05) is 50.2 Å². The number of hydrogen-bond acceptors (Lipinski definition) is 3. The molecule has 1 atom stereocenters. The summed E-state index contributed by atoms with van der Waals surface area (Å²) < 4.78 is 6.01. The van der Waals surface area contributed by atoms with Gasteiger partial charge in [0.15, 0.2) is 0 Å². The zero-order valence-corrected chi connectivity index (χ0v) is 11.7. The average Bonchev–Trinajstić information content (AvgIpc) is 2.41. The molecule has 19 heavy (non-hydrogen) atoms. The molecular formula is C16H20N2O. The van der Waals surface area contributed by atoms with Crippen LogP contribution >= 0.6 is 0 Å². The number of benzene rings is 1. The molecular weight excluding hydrogens is 236 g/mol. The van der Waals surface area contributed by atoms with Gasteiger partial charge in [-0.2, -0.15) is 0 Å². The number of pyridine rings is 1. The second-order valence-electron chi connectivity index (χ2n) is 4.68. The van der Waals surface area contributed by atoms with Gasteiger partial charge in [-0.05, 0) is 38.5 Å². The normalized spacial score (nSPS) is 12.2. The minimum absolute atomic E-state index is 0.0558. The summed E-state index contributed by atoms with van der Waals surface area (Å²) in [5.41, 5.74) is 8.95. The molecule has 2 N–H and O–H groups in total. The van der Waals surface area contributed by atoms with Gasteiger partial charge in [0.25, 0.3) is 0 Å². The molecule has 100 valence electrons. The molecule has 3 heteroatoms. The van der Waals surface area contributed by atoms with Crippen molar-refractivity contribution in [3.05, 3.63) is 53.3 Å². The summed E-state index contributed by atoms with van der Waals surface area (Å²) in [4.78, 5) is 4.51. The molecule has 1 aromatic heterocycles. The molecule has 2 aromatic rings. The molecule has 0 unspecified atom stereocenters. The quantitative estimate of drug-likeness (QED) is 0.906. The zero-order valence-electron chi connectivity index (χ0n) is 11.7. The highest BCUT2D eigenvalue weighted by molar-refractivity contribution is 5.41. The topological polar surface area (TPSA) is 48.1 Å². The summed E-state index contributed by atoms with van der Waals surface area (Å²) in [7, 11) is 0. The van der Waals surface area contributed by atoms with Gasteiger partial charge in [0.05, 0.1) is 5.69 Å². The van der Waals surface area contributed by atoms with Crippen LogP contribution in [0.3, 0.4) is 0 Å². The average molecular weight is 256 g/mol. The van der Waals surface area contributed by atoms with E-state index in [9.17, 15) is 0 Å². The maximum absolute atomic E-state index is 6.01. The van der Waals surface area contributed by atoms with E-state index in [1.54, 1.807) is 0 Å². The lowest BCUT2D eigenvalue weighted by Crippen LogP contribution is -2.07. The summed E-state index contributed by atoms with van der Waals surface area (Å²) in [6.07, 6.45) is 0.845. The molecule has 0 saturated heterocycles. The van der Waals surface area contributed by atoms with E-state index in [4.69, 9.17) is 10.5 Å². The number of aryl methyl sites for hydroxylation is 2. The van der Waals surface area contributed by atoms with Crippen LogP contribution in [0.2, 0.25) is 0 Å². The Kier molecular flexibility index (Phi) is 4.17. The van der Waals surface area contributed by atoms with Crippen molar-refractivity contribution in [2.24, 2.45) is 5.73 Å². The molecule has 0 aliphatic rings. The fourth-order valence-corrected chi connectivity index (χ4v) is 2.01. The van der Waals surface area contributed by atoms with Crippen molar-refractivity contribution in [3.8, 4) is 11.5 Å². The lowest BCUT2D eigenvalue weighted by molar-refractivity contribution is 0.463. The molecule has 1 aromatic carbocycles. The Morgan fingerprint density at radius 2 is 1.89 bits per heavy atom. The van der Waals surface area contributed by atoms with Crippen molar-refractivity contribution < 1.29 is 4.74 Å². The van der Waals surface area contributed by atoms with Gasteiger partial charge in [0.1, 0.15) is 11.5 Å². The molecule has 3 nitrogen and oxygen atoms in total. The highest BCUT2D eigenvalue weighted by Gasteiger charge is 2.10. The Labute approximate surface area is 114 Å². The summed E-state index contributed by atoms with van der Waals surface area (Å²) in [5.74, 6) is 1.61. The molecule has 0 saturated carbocycles. The monoisotopic (exact) mass is 256 g/mol. The third-order valence-corrected chi connectivity index (χ3v) is 3.04. The smallest absolute Gasteiger partial charge is 0.148 e. The first-order chi connectivity index (χ1) is 9.11. The minimum Gasteiger partial charge on any atom is -0.455 e. The second kappa shape index (κ2) is 5.85. The number of hydrogen-bond donors (Lipinski definition) is 1. The second-order valence-corrected chi connectivity index (χ2v) is 4.68.